The van der Waals surface area contributed by atoms with Crippen LogP contribution in [0.1, 0.15) is 42.6 Å². The van der Waals surface area contributed by atoms with E-state index in [9.17, 15) is 0 Å². The predicted molar refractivity (Wildman–Crippen MR) is 108 cm³/mol. The Balaban J connectivity index is 1.56. The molecule has 0 spiro atoms. The third-order valence-electron chi connectivity index (χ3n) is 5.40. The number of rotatable bonds is 5. The Morgan fingerprint density at radius 1 is 1.19 bits per heavy atom. The van der Waals surface area contributed by atoms with Gasteiger partial charge in [-0.15, -0.1) is 0 Å². The van der Waals surface area contributed by atoms with Gasteiger partial charge in [0, 0.05) is 29.9 Å². The van der Waals surface area contributed by atoms with Gasteiger partial charge in [0.2, 0.25) is 0 Å². The van der Waals surface area contributed by atoms with Crippen molar-refractivity contribution in [3.63, 3.8) is 0 Å². The second kappa shape index (κ2) is 6.93. The summed E-state index contributed by atoms with van der Waals surface area (Å²) in [5.74, 6) is 2.07. The van der Waals surface area contributed by atoms with Crippen molar-refractivity contribution in [2.24, 2.45) is 4.99 Å². The molecule has 5 rings (SSSR count). The third-order valence-corrected chi connectivity index (χ3v) is 6.53. The molecule has 3 atom stereocenters. The largest absolute Gasteiger partial charge is 0.467 e. The molecule has 0 bridgehead atoms. The van der Waals surface area contributed by atoms with Gasteiger partial charge in [-0.2, -0.15) is 0 Å². The normalized spacial score (nSPS) is 24.3. The van der Waals surface area contributed by atoms with E-state index in [1.807, 2.05) is 36.2 Å². The van der Waals surface area contributed by atoms with Crippen molar-refractivity contribution < 1.29 is 4.42 Å². The van der Waals surface area contributed by atoms with E-state index < -0.39 is 0 Å². The Kier molecular flexibility index (Phi) is 4.28. The molecule has 138 valence electrons. The molecule has 27 heavy (non-hydrogen) atoms. The fraction of sp³-hybridized carbons (Fsp3) is 0.333. The molecule has 0 N–H and O–H groups in total. The van der Waals surface area contributed by atoms with Crippen LogP contribution >= 0.6 is 11.8 Å². The van der Waals surface area contributed by atoms with Crippen LogP contribution in [0, 0.1) is 0 Å². The molecule has 0 amide bonds. The standard InChI is InChI=1S/C21H22N4OS/c1-2-15-14-27-21-23-19(17-8-3-4-10-22-17)20(25(15)21)18-9-5-11-24(18)13-16-7-6-12-26-16/h3-12,15,19-20H,2,13-14H2,1H3/t15-,19-,20+/m0/s1. The average molecular weight is 379 g/mol. The van der Waals surface area contributed by atoms with Crippen molar-refractivity contribution >= 4 is 16.9 Å². The summed E-state index contributed by atoms with van der Waals surface area (Å²) in [4.78, 5) is 12.3. The zero-order chi connectivity index (χ0) is 18.2. The van der Waals surface area contributed by atoms with Crippen LogP contribution in [-0.4, -0.2) is 31.4 Å². The summed E-state index contributed by atoms with van der Waals surface area (Å²) >= 11 is 1.88. The minimum atomic E-state index is 0.0216. The number of fused-ring (bicyclic) bond motifs is 1. The maximum Gasteiger partial charge on any atom is 0.160 e. The zero-order valence-electron chi connectivity index (χ0n) is 15.2. The van der Waals surface area contributed by atoms with Crippen molar-refractivity contribution in [3.8, 4) is 0 Å². The van der Waals surface area contributed by atoms with E-state index in [1.165, 1.54) is 5.69 Å². The summed E-state index contributed by atoms with van der Waals surface area (Å²) in [6.45, 7) is 3.00. The molecule has 5 nitrogen and oxygen atoms in total. The molecule has 3 aromatic rings. The van der Waals surface area contributed by atoms with Crippen molar-refractivity contribution in [3.05, 3.63) is 78.3 Å². The number of aliphatic imine (C=N–C) groups is 1. The molecule has 0 radical (unpaired) electrons. The van der Waals surface area contributed by atoms with Gasteiger partial charge in [0.15, 0.2) is 5.17 Å². The van der Waals surface area contributed by atoms with E-state index in [4.69, 9.17) is 9.41 Å². The lowest BCUT2D eigenvalue weighted by molar-refractivity contribution is 0.245. The molecule has 0 unspecified atom stereocenters. The highest BCUT2D eigenvalue weighted by molar-refractivity contribution is 8.14. The second-order valence-electron chi connectivity index (χ2n) is 6.98. The van der Waals surface area contributed by atoms with E-state index in [-0.39, 0.29) is 12.1 Å². The van der Waals surface area contributed by atoms with Crippen LogP contribution in [0.2, 0.25) is 0 Å². The molecule has 5 heterocycles. The Morgan fingerprint density at radius 3 is 2.93 bits per heavy atom. The maximum absolute atomic E-state index is 5.59. The molecule has 1 saturated heterocycles. The average Bonchev–Trinajstić information content (AvgIpc) is 3.47. The first-order chi connectivity index (χ1) is 13.3. The van der Waals surface area contributed by atoms with E-state index in [2.05, 4.69) is 51.8 Å². The molecule has 0 aromatic carbocycles. The monoisotopic (exact) mass is 378 g/mol. The van der Waals surface area contributed by atoms with Crippen LogP contribution in [0.5, 0.6) is 0 Å². The van der Waals surface area contributed by atoms with Crippen molar-refractivity contribution in [2.75, 3.05) is 5.75 Å². The highest BCUT2D eigenvalue weighted by atomic mass is 32.2. The summed E-state index contributed by atoms with van der Waals surface area (Å²) in [6, 6.07) is 15.1. The second-order valence-corrected chi connectivity index (χ2v) is 7.96. The van der Waals surface area contributed by atoms with E-state index in [0.29, 0.717) is 6.04 Å². The first-order valence-corrected chi connectivity index (χ1v) is 10.4. The van der Waals surface area contributed by atoms with Crippen LogP contribution in [0.15, 0.2) is 70.5 Å². The molecule has 2 aliphatic heterocycles. The van der Waals surface area contributed by atoms with Gasteiger partial charge in [0.1, 0.15) is 11.8 Å². The van der Waals surface area contributed by atoms with Crippen LogP contribution in [-0.2, 0) is 6.54 Å². The number of pyridine rings is 1. The number of hydrogen-bond donors (Lipinski definition) is 0. The topological polar surface area (TPSA) is 46.6 Å². The van der Waals surface area contributed by atoms with Crippen LogP contribution in [0.4, 0.5) is 0 Å². The molecule has 2 aliphatic rings. The maximum atomic E-state index is 5.59. The van der Waals surface area contributed by atoms with E-state index >= 15 is 0 Å². The predicted octanol–water partition coefficient (Wildman–Crippen LogP) is 4.50. The Labute approximate surface area is 163 Å². The van der Waals surface area contributed by atoms with Gasteiger partial charge in [0.05, 0.1) is 24.5 Å². The lowest BCUT2D eigenvalue weighted by Gasteiger charge is -2.32. The molecule has 0 saturated carbocycles. The SMILES string of the molecule is CC[C@H]1CSC2=N[C@@H](c3ccccn3)[C@@H](c3cccn3Cc3ccco3)N21. The first kappa shape index (κ1) is 16.7. The first-order valence-electron chi connectivity index (χ1n) is 9.42. The molecular weight excluding hydrogens is 356 g/mol. The van der Waals surface area contributed by atoms with Crippen molar-refractivity contribution in [1.29, 1.82) is 0 Å². The van der Waals surface area contributed by atoms with Gasteiger partial charge >= 0.3 is 0 Å². The number of hydrogen-bond acceptors (Lipinski definition) is 5. The lowest BCUT2D eigenvalue weighted by atomic mass is 9.99. The molecule has 0 aliphatic carbocycles. The Morgan fingerprint density at radius 2 is 2.15 bits per heavy atom. The number of aromatic nitrogens is 2. The van der Waals surface area contributed by atoms with Crippen LogP contribution in [0.25, 0.3) is 0 Å². The fourth-order valence-corrected chi connectivity index (χ4v) is 5.42. The zero-order valence-corrected chi connectivity index (χ0v) is 16.0. The molecule has 3 aromatic heterocycles. The van der Waals surface area contributed by atoms with Crippen molar-refractivity contribution in [1.82, 2.24) is 14.5 Å². The van der Waals surface area contributed by atoms with Gasteiger partial charge in [-0.3, -0.25) is 9.98 Å². The van der Waals surface area contributed by atoms with Crippen LogP contribution < -0.4 is 0 Å². The van der Waals surface area contributed by atoms with E-state index in [1.54, 1.807) is 6.26 Å². The minimum Gasteiger partial charge on any atom is -0.467 e. The number of amidine groups is 1. The summed E-state index contributed by atoms with van der Waals surface area (Å²) in [5.41, 5.74) is 2.30. The summed E-state index contributed by atoms with van der Waals surface area (Å²) in [7, 11) is 0. The van der Waals surface area contributed by atoms with Gasteiger partial charge in [0.25, 0.3) is 0 Å². The molecule has 1 fully saturated rings. The van der Waals surface area contributed by atoms with E-state index in [0.717, 1.165) is 35.3 Å². The smallest absolute Gasteiger partial charge is 0.160 e. The number of nitrogens with zero attached hydrogens (tertiary/aromatic N) is 4. The number of thioether (sulfide) groups is 1. The van der Waals surface area contributed by atoms with Gasteiger partial charge < -0.3 is 13.9 Å². The quantitative estimate of drug-likeness (QED) is 0.656. The van der Waals surface area contributed by atoms with Gasteiger partial charge in [-0.05, 0) is 42.8 Å². The highest BCUT2D eigenvalue weighted by Gasteiger charge is 2.46. The lowest BCUT2D eigenvalue weighted by Crippen LogP contribution is -2.36. The van der Waals surface area contributed by atoms with Crippen molar-refractivity contribution in [2.45, 2.75) is 38.0 Å². The molecular formula is C21H22N4OS. The fourth-order valence-electron chi connectivity index (χ4n) is 4.08. The summed E-state index contributed by atoms with van der Waals surface area (Å²) < 4.78 is 7.87. The van der Waals surface area contributed by atoms with Gasteiger partial charge in [-0.1, -0.05) is 24.8 Å². The Bertz CT molecular complexity index is 934. The highest BCUT2D eigenvalue weighted by Crippen LogP contribution is 2.48. The third kappa shape index (κ3) is 2.88. The van der Waals surface area contributed by atoms with Crippen LogP contribution in [0.3, 0.4) is 0 Å². The summed E-state index contributed by atoms with van der Waals surface area (Å²) in [5, 5.41) is 1.16. The minimum absolute atomic E-state index is 0.0216. The number of furan rings is 1. The summed E-state index contributed by atoms with van der Waals surface area (Å²) in [6.07, 6.45) is 6.85. The Hall–Kier alpha value is -2.47. The molecule has 6 heteroatoms. The van der Waals surface area contributed by atoms with Gasteiger partial charge in [-0.25, -0.2) is 0 Å².